The minimum atomic E-state index is 0. The van der Waals surface area contributed by atoms with Crippen LogP contribution in [-0.4, -0.2) is 36.1 Å². The Kier molecular flexibility index (Phi) is 7.50. The van der Waals surface area contributed by atoms with Crippen LogP contribution in [0.4, 0.5) is 0 Å². The van der Waals surface area contributed by atoms with Crippen molar-refractivity contribution in [3.8, 4) is 5.75 Å². The molecule has 130 valence electrons. The Bertz CT molecular complexity index is 609. The minimum absolute atomic E-state index is 0. The zero-order chi connectivity index (χ0) is 15.9. The van der Waals surface area contributed by atoms with Crippen molar-refractivity contribution in [2.45, 2.75) is 32.0 Å². The maximum Gasteiger partial charge on any atom is 0.124 e. The van der Waals surface area contributed by atoms with E-state index in [0.29, 0.717) is 12.6 Å². The van der Waals surface area contributed by atoms with Gasteiger partial charge in [-0.3, -0.25) is 9.88 Å². The first-order chi connectivity index (χ1) is 11.3. The summed E-state index contributed by atoms with van der Waals surface area (Å²) in [5, 5.41) is 3.40. The van der Waals surface area contributed by atoms with Gasteiger partial charge >= 0.3 is 0 Å². The van der Waals surface area contributed by atoms with Crippen LogP contribution in [0.2, 0.25) is 0 Å². The molecule has 3 rings (SSSR count). The molecule has 0 radical (unpaired) electrons. The summed E-state index contributed by atoms with van der Waals surface area (Å²) in [4.78, 5) is 6.65. The number of nitrogens with zero attached hydrogens (tertiary/aromatic N) is 2. The van der Waals surface area contributed by atoms with Crippen LogP contribution in [0.5, 0.6) is 5.75 Å². The number of nitrogens with one attached hydrogen (secondary N) is 1. The van der Waals surface area contributed by atoms with E-state index >= 15 is 0 Å². The fraction of sp³-hybridized carbons (Fsp3) is 0.421. The third-order valence-electron chi connectivity index (χ3n) is 4.40. The fourth-order valence-electron chi connectivity index (χ4n) is 3.10. The summed E-state index contributed by atoms with van der Waals surface area (Å²) in [5.74, 6) is 0.975. The molecule has 1 N–H and O–H groups in total. The number of benzene rings is 1. The van der Waals surface area contributed by atoms with Crippen LogP contribution in [0.3, 0.4) is 0 Å². The average Bonchev–Trinajstić information content (AvgIpc) is 2.62. The van der Waals surface area contributed by atoms with Crippen molar-refractivity contribution in [3.05, 3.63) is 59.9 Å². The summed E-state index contributed by atoms with van der Waals surface area (Å²) >= 11 is 0. The SMILES string of the molecule is CNC1CCCN(Cc2ccccc2OCc2cccnc2)C1.Cl. The van der Waals surface area contributed by atoms with Gasteiger partial charge in [0.1, 0.15) is 12.4 Å². The maximum absolute atomic E-state index is 6.04. The number of likely N-dealkylation sites (N-methyl/N-ethyl adjacent to an activating group) is 1. The summed E-state index contributed by atoms with van der Waals surface area (Å²) in [6.45, 7) is 3.77. The van der Waals surface area contributed by atoms with Gasteiger partial charge in [-0.2, -0.15) is 0 Å². The molecule has 1 aliphatic heterocycles. The Morgan fingerprint density at radius 2 is 2.12 bits per heavy atom. The lowest BCUT2D eigenvalue weighted by Gasteiger charge is -2.32. The van der Waals surface area contributed by atoms with Crippen molar-refractivity contribution in [1.82, 2.24) is 15.2 Å². The van der Waals surface area contributed by atoms with Crippen molar-refractivity contribution in [2.75, 3.05) is 20.1 Å². The molecule has 1 unspecified atom stereocenters. The predicted molar refractivity (Wildman–Crippen MR) is 99.6 cm³/mol. The van der Waals surface area contributed by atoms with Crippen LogP contribution in [0.1, 0.15) is 24.0 Å². The largest absolute Gasteiger partial charge is 0.489 e. The van der Waals surface area contributed by atoms with Gasteiger partial charge in [0.2, 0.25) is 0 Å². The summed E-state index contributed by atoms with van der Waals surface area (Å²) in [7, 11) is 2.05. The molecule has 1 saturated heterocycles. The average molecular weight is 348 g/mol. The molecule has 1 aromatic heterocycles. The van der Waals surface area contributed by atoms with E-state index in [1.165, 1.54) is 18.4 Å². The molecule has 1 aliphatic rings. The fourth-order valence-corrected chi connectivity index (χ4v) is 3.10. The van der Waals surface area contributed by atoms with E-state index in [4.69, 9.17) is 4.74 Å². The predicted octanol–water partition coefficient (Wildman–Crippen LogP) is 3.27. The Balaban J connectivity index is 0.00000208. The van der Waals surface area contributed by atoms with Crippen molar-refractivity contribution in [2.24, 2.45) is 0 Å². The third-order valence-corrected chi connectivity index (χ3v) is 4.40. The van der Waals surface area contributed by atoms with Crippen LogP contribution in [-0.2, 0) is 13.2 Å². The van der Waals surface area contributed by atoms with Gasteiger partial charge in [-0.05, 0) is 38.6 Å². The summed E-state index contributed by atoms with van der Waals surface area (Å²) in [5.41, 5.74) is 2.35. The van der Waals surface area contributed by atoms with E-state index in [-0.39, 0.29) is 12.4 Å². The Hall–Kier alpha value is -1.62. The summed E-state index contributed by atoms with van der Waals surface area (Å²) in [6, 6.07) is 12.9. The molecule has 0 spiro atoms. The van der Waals surface area contributed by atoms with Crippen molar-refractivity contribution in [1.29, 1.82) is 0 Å². The van der Waals surface area contributed by atoms with Crippen molar-refractivity contribution in [3.63, 3.8) is 0 Å². The number of aromatic nitrogens is 1. The highest BCUT2D eigenvalue weighted by Crippen LogP contribution is 2.22. The van der Waals surface area contributed by atoms with Gasteiger partial charge in [0.05, 0.1) is 0 Å². The number of rotatable bonds is 6. The van der Waals surface area contributed by atoms with Crippen LogP contribution in [0, 0.1) is 0 Å². The quantitative estimate of drug-likeness (QED) is 0.870. The molecule has 2 heterocycles. The molecule has 1 fully saturated rings. The second-order valence-corrected chi connectivity index (χ2v) is 6.12. The number of piperidine rings is 1. The number of halogens is 1. The molecule has 0 saturated carbocycles. The highest BCUT2D eigenvalue weighted by atomic mass is 35.5. The number of pyridine rings is 1. The van der Waals surface area contributed by atoms with E-state index in [1.807, 2.05) is 24.4 Å². The lowest BCUT2D eigenvalue weighted by Crippen LogP contribution is -2.43. The maximum atomic E-state index is 6.04. The van der Waals surface area contributed by atoms with Crippen LogP contribution < -0.4 is 10.1 Å². The molecule has 1 aromatic carbocycles. The molecule has 0 bridgehead atoms. The number of hydrogen-bond acceptors (Lipinski definition) is 4. The van der Waals surface area contributed by atoms with E-state index in [0.717, 1.165) is 30.9 Å². The normalized spacial score (nSPS) is 18.0. The lowest BCUT2D eigenvalue weighted by molar-refractivity contribution is 0.184. The molecule has 0 aliphatic carbocycles. The number of hydrogen-bond donors (Lipinski definition) is 1. The monoisotopic (exact) mass is 347 g/mol. The number of para-hydroxylation sites is 1. The van der Waals surface area contributed by atoms with Gasteiger partial charge in [-0.25, -0.2) is 0 Å². The van der Waals surface area contributed by atoms with Gasteiger partial charge in [0.15, 0.2) is 0 Å². The molecule has 1 atom stereocenters. The smallest absolute Gasteiger partial charge is 0.124 e. The lowest BCUT2D eigenvalue weighted by atomic mass is 10.0. The number of ether oxygens (including phenoxy) is 1. The molecule has 0 amide bonds. The first kappa shape index (κ1) is 18.7. The standard InChI is InChI=1S/C19H25N3O.ClH/c1-20-18-8-5-11-22(14-18)13-17-7-2-3-9-19(17)23-15-16-6-4-10-21-12-16;/h2-4,6-7,9-10,12,18,20H,5,8,11,13-15H2,1H3;1H. The molecule has 4 nitrogen and oxygen atoms in total. The van der Waals surface area contributed by atoms with Crippen LogP contribution in [0.15, 0.2) is 48.8 Å². The zero-order valence-corrected chi connectivity index (χ0v) is 15.0. The highest BCUT2D eigenvalue weighted by Gasteiger charge is 2.19. The van der Waals surface area contributed by atoms with E-state index in [9.17, 15) is 0 Å². The van der Waals surface area contributed by atoms with Gasteiger partial charge in [0, 0.05) is 42.7 Å². The topological polar surface area (TPSA) is 37.4 Å². The molecule has 2 aromatic rings. The van der Waals surface area contributed by atoms with E-state index < -0.39 is 0 Å². The Morgan fingerprint density at radius 3 is 2.92 bits per heavy atom. The van der Waals surface area contributed by atoms with Crippen molar-refractivity contribution < 1.29 is 4.74 Å². The molecule has 5 heteroatoms. The molecule has 24 heavy (non-hydrogen) atoms. The minimum Gasteiger partial charge on any atom is -0.489 e. The van der Waals surface area contributed by atoms with Gasteiger partial charge < -0.3 is 10.1 Å². The van der Waals surface area contributed by atoms with Gasteiger partial charge in [-0.15, -0.1) is 12.4 Å². The van der Waals surface area contributed by atoms with Crippen LogP contribution >= 0.6 is 12.4 Å². The second-order valence-electron chi connectivity index (χ2n) is 6.12. The number of likely N-dealkylation sites (tertiary alicyclic amines) is 1. The first-order valence-corrected chi connectivity index (χ1v) is 8.34. The summed E-state index contributed by atoms with van der Waals surface area (Å²) in [6.07, 6.45) is 6.16. The second kappa shape index (κ2) is 9.62. The van der Waals surface area contributed by atoms with E-state index in [1.54, 1.807) is 6.20 Å². The summed E-state index contributed by atoms with van der Waals surface area (Å²) < 4.78 is 6.04. The molecular weight excluding hydrogens is 322 g/mol. The first-order valence-electron chi connectivity index (χ1n) is 8.34. The van der Waals surface area contributed by atoms with E-state index in [2.05, 4.69) is 40.4 Å². The zero-order valence-electron chi connectivity index (χ0n) is 14.1. The van der Waals surface area contributed by atoms with Crippen LogP contribution in [0.25, 0.3) is 0 Å². The van der Waals surface area contributed by atoms with Crippen molar-refractivity contribution >= 4 is 12.4 Å². The van der Waals surface area contributed by atoms with Gasteiger partial charge in [-0.1, -0.05) is 24.3 Å². The third kappa shape index (κ3) is 5.20. The van der Waals surface area contributed by atoms with Gasteiger partial charge in [0.25, 0.3) is 0 Å². The highest BCUT2D eigenvalue weighted by molar-refractivity contribution is 5.85. The Morgan fingerprint density at radius 1 is 1.25 bits per heavy atom. The molecular formula is C19H26ClN3O. The Labute approximate surface area is 150 Å².